The zero-order valence-electron chi connectivity index (χ0n) is 17.9. The van der Waals surface area contributed by atoms with Crippen LogP contribution in [0.1, 0.15) is 38.3 Å². The third-order valence-electron chi connectivity index (χ3n) is 6.27. The van der Waals surface area contributed by atoms with Gasteiger partial charge in [0.25, 0.3) is 0 Å². The smallest absolute Gasteiger partial charge is 0.193 e. The van der Waals surface area contributed by atoms with E-state index in [1.165, 1.54) is 5.56 Å². The molecule has 2 fully saturated rings. The summed E-state index contributed by atoms with van der Waals surface area (Å²) in [6.07, 6.45) is 2.29. The van der Waals surface area contributed by atoms with E-state index in [0.717, 1.165) is 36.9 Å². The van der Waals surface area contributed by atoms with E-state index in [4.69, 9.17) is 11.6 Å². The van der Waals surface area contributed by atoms with Gasteiger partial charge in [0.15, 0.2) is 15.8 Å². The predicted octanol–water partition coefficient (Wildman–Crippen LogP) is 2.81. The Morgan fingerprint density at radius 2 is 2.10 bits per heavy atom. The molecule has 0 amide bonds. The molecular formula is C21H33ClN4O2S. The van der Waals surface area contributed by atoms with Crippen molar-refractivity contribution in [2.45, 2.75) is 37.5 Å². The Hall–Kier alpha value is -1.31. The number of likely N-dealkylation sites (tertiary alicyclic amines) is 1. The monoisotopic (exact) mass is 440 g/mol. The summed E-state index contributed by atoms with van der Waals surface area (Å²) in [5, 5.41) is 4.29. The Balaban J connectivity index is 1.71. The van der Waals surface area contributed by atoms with Gasteiger partial charge in [-0.25, -0.2) is 8.42 Å². The van der Waals surface area contributed by atoms with E-state index >= 15 is 0 Å². The highest BCUT2D eigenvalue weighted by Crippen LogP contribution is 2.35. The maximum absolute atomic E-state index is 12.3. The van der Waals surface area contributed by atoms with E-state index in [1.54, 1.807) is 20.9 Å². The second-order valence-electron chi connectivity index (χ2n) is 8.81. The van der Waals surface area contributed by atoms with Crippen LogP contribution < -0.4 is 5.32 Å². The number of piperidine rings is 1. The minimum absolute atomic E-state index is 0.165. The molecule has 1 aromatic carbocycles. The van der Waals surface area contributed by atoms with E-state index < -0.39 is 14.6 Å². The quantitative estimate of drug-likeness (QED) is 0.578. The molecule has 2 atom stereocenters. The van der Waals surface area contributed by atoms with Crippen LogP contribution in [0.3, 0.4) is 0 Å². The molecule has 2 unspecified atom stereocenters. The zero-order valence-corrected chi connectivity index (χ0v) is 19.4. The van der Waals surface area contributed by atoms with Crippen LogP contribution in [-0.2, 0) is 9.84 Å². The van der Waals surface area contributed by atoms with Gasteiger partial charge in [-0.05, 0) is 63.9 Å². The first-order chi connectivity index (χ1) is 13.6. The second kappa shape index (κ2) is 8.82. The van der Waals surface area contributed by atoms with Crippen molar-refractivity contribution in [1.82, 2.24) is 15.1 Å². The van der Waals surface area contributed by atoms with E-state index in [2.05, 4.69) is 39.3 Å². The summed E-state index contributed by atoms with van der Waals surface area (Å²) in [5.41, 5.74) is 1.24. The lowest BCUT2D eigenvalue weighted by Gasteiger charge is -2.42. The lowest BCUT2D eigenvalue weighted by Crippen LogP contribution is -2.57. The summed E-state index contributed by atoms with van der Waals surface area (Å²) in [6, 6.07) is 8.44. The number of sulfone groups is 1. The molecule has 1 N–H and O–H groups in total. The third-order valence-corrected chi connectivity index (χ3v) is 9.04. The number of hydrogen-bond acceptors (Lipinski definition) is 4. The fraction of sp³-hybridized carbons (Fsp3) is 0.667. The molecule has 0 spiro atoms. The van der Waals surface area contributed by atoms with Crippen molar-refractivity contribution < 1.29 is 8.42 Å². The maximum Gasteiger partial charge on any atom is 0.193 e. The molecule has 1 aromatic rings. The number of nitrogens with zero attached hydrogens (tertiary/aromatic N) is 3. The Bertz CT molecular complexity index is 856. The molecule has 0 aliphatic carbocycles. The van der Waals surface area contributed by atoms with Gasteiger partial charge < -0.3 is 10.2 Å². The summed E-state index contributed by atoms with van der Waals surface area (Å²) in [4.78, 5) is 8.92. The Morgan fingerprint density at radius 1 is 1.34 bits per heavy atom. The van der Waals surface area contributed by atoms with Crippen LogP contribution in [0.4, 0.5) is 0 Å². The zero-order chi connectivity index (χ0) is 21.2. The number of hydrogen-bond donors (Lipinski definition) is 1. The molecule has 3 rings (SSSR count). The molecule has 0 radical (unpaired) electrons. The highest BCUT2D eigenvalue weighted by atomic mass is 35.5. The van der Waals surface area contributed by atoms with Gasteiger partial charge in [-0.1, -0.05) is 23.7 Å². The van der Waals surface area contributed by atoms with Crippen LogP contribution in [-0.4, -0.2) is 75.0 Å². The first-order valence-electron chi connectivity index (χ1n) is 10.3. The first-order valence-corrected chi connectivity index (χ1v) is 12.3. The highest BCUT2D eigenvalue weighted by molar-refractivity contribution is 7.92. The van der Waals surface area contributed by atoms with Gasteiger partial charge in [-0.15, -0.1) is 0 Å². The van der Waals surface area contributed by atoms with E-state index in [0.29, 0.717) is 25.0 Å². The van der Waals surface area contributed by atoms with Crippen LogP contribution in [0, 0.1) is 5.92 Å². The van der Waals surface area contributed by atoms with Crippen molar-refractivity contribution in [3.05, 3.63) is 34.9 Å². The minimum Gasteiger partial charge on any atom is -0.356 e. The standard InChI is InChI=1S/C21H33ClN4O2S/c1-21(2)15-26(11-12-29(21,27)28)20(23-3)24-14-17-8-6-10-25(4)19(17)16-7-5-9-18(22)13-16/h5,7,9,13,17,19H,6,8,10-12,14-15H2,1-4H3,(H,23,24). The van der Waals surface area contributed by atoms with Crippen molar-refractivity contribution in [2.24, 2.45) is 10.9 Å². The number of aliphatic imine (C=N–C) groups is 1. The molecule has 6 nitrogen and oxygen atoms in total. The molecule has 2 aliphatic rings. The summed E-state index contributed by atoms with van der Waals surface area (Å²) in [5.74, 6) is 1.37. The van der Waals surface area contributed by atoms with Crippen molar-refractivity contribution in [2.75, 3.05) is 46.0 Å². The normalized spacial score (nSPS) is 27.6. The summed E-state index contributed by atoms with van der Waals surface area (Å²) >= 11 is 6.25. The van der Waals surface area contributed by atoms with Gasteiger partial charge in [0.05, 0.1) is 10.5 Å². The van der Waals surface area contributed by atoms with Crippen molar-refractivity contribution in [3.8, 4) is 0 Å². The molecule has 0 saturated carbocycles. The Morgan fingerprint density at radius 3 is 2.76 bits per heavy atom. The van der Waals surface area contributed by atoms with Crippen LogP contribution in [0.5, 0.6) is 0 Å². The maximum atomic E-state index is 12.3. The molecule has 2 saturated heterocycles. The third kappa shape index (κ3) is 4.89. The highest BCUT2D eigenvalue weighted by Gasteiger charge is 2.41. The molecule has 162 valence electrons. The fourth-order valence-corrected chi connectivity index (χ4v) is 6.13. The van der Waals surface area contributed by atoms with Gasteiger partial charge in [0, 0.05) is 37.7 Å². The van der Waals surface area contributed by atoms with E-state index in [-0.39, 0.29) is 5.75 Å². The van der Waals surface area contributed by atoms with E-state index in [1.807, 2.05) is 12.1 Å². The van der Waals surface area contributed by atoms with Crippen molar-refractivity contribution in [3.63, 3.8) is 0 Å². The second-order valence-corrected chi connectivity index (χ2v) is 12.0. The first kappa shape index (κ1) is 22.4. The Labute approximate surface area is 180 Å². The average molecular weight is 441 g/mol. The molecule has 29 heavy (non-hydrogen) atoms. The van der Waals surface area contributed by atoms with Crippen LogP contribution >= 0.6 is 11.6 Å². The number of benzene rings is 1. The van der Waals surface area contributed by atoms with Crippen LogP contribution in [0.2, 0.25) is 5.02 Å². The number of halogens is 1. The predicted molar refractivity (Wildman–Crippen MR) is 120 cm³/mol. The van der Waals surface area contributed by atoms with Gasteiger partial charge in [0.1, 0.15) is 0 Å². The van der Waals surface area contributed by atoms with Gasteiger partial charge >= 0.3 is 0 Å². The molecule has 0 bridgehead atoms. The topological polar surface area (TPSA) is 65.0 Å². The summed E-state index contributed by atoms with van der Waals surface area (Å²) in [6.45, 7) is 6.39. The minimum atomic E-state index is -3.07. The summed E-state index contributed by atoms with van der Waals surface area (Å²) < 4.78 is 23.9. The molecule has 2 aliphatic heterocycles. The van der Waals surface area contributed by atoms with Gasteiger partial charge in [0.2, 0.25) is 0 Å². The molecular weight excluding hydrogens is 408 g/mol. The number of nitrogens with one attached hydrogen (secondary N) is 1. The lowest BCUT2D eigenvalue weighted by molar-refractivity contribution is 0.122. The number of rotatable bonds is 3. The summed E-state index contributed by atoms with van der Waals surface area (Å²) in [7, 11) is 0.864. The SMILES string of the molecule is CN=C(NCC1CCCN(C)C1c1cccc(Cl)c1)N1CCS(=O)(=O)C(C)(C)C1. The number of guanidine groups is 1. The lowest BCUT2D eigenvalue weighted by atomic mass is 9.85. The van der Waals surface area contributed by atoms with Crippen LogP contribution in [0.15, 0.2) is 29.3 Å². The molecule has 2 heterocycles. The Kier molecular flexibility index (Phi) is 6.81. The van der Waals surface area contributed by atoms with Gasteiger partial charge in [-0.3, -0.25) is 9.89 Å². The van der Waals surface area contributed by atoms with Gasteiger partial charge in [-0.2, -0.15) is 0 Å². The largest absolute Gasteiger partial charge is 0.356 e. The van der Waals surface area contributed by atoms with Crippen LogP contribution in [0.25, 0.3) is 0 Å². The molecule has 8 heteroatoms. The van der Waals surface area contributed by atoms with Crippen molar-refractivity contribution in [1.29, 1.82) is 0 Å². The fourth-order valence-electron chi connectivity index (χ4n) is 4.57. The average Bonchev–Trinajstić information content (AvgIpc) is 2.65. The van der Waals surface area contributed by atoms with E-state index in [9.17, 15) is 8.42 Å². The molecule has 0 aromatic heterocycles. The van der Waals surface area contributed by atoms with Crippen molar-refractivity contribution >= 4 is 27.4 Å².